The van der Waals surface area contributed by atoms with Gasteiger partial charge in [-0.05, 0) is 23.3 Å². The second kappa shape index (κ2) is 6.02. The maximum Gasteiger partial charge on any atom is 0.326 e. The van der Waals surface area contributed by atoms with Gasteiger partial charge in [0.25, 0.3) is 5.91 Å². The van der Waals surface area contributed by atoms with E-state index in [9.17, 15) is 9.59 Å². The molecule has 0 heterocycles. The van der Waals surface area contributed by atoms with Gasteiger partial charge in [0.15, 0.2) is 0 Å². The highest BCUT2D eigenvalue weighted by atomic mass is 16.4. The predicted octanol–water partition coefficient (Wildman–Crippen LogP) is 2.60. The summed E-state index contributed by atoms with van der Waals surface area (Å²) >= 11 is 0. The lowest BCUT2D eigenvalue weighted by Crippen LogP contribution is -2.40. The van der Waals surface area contributed by atoms with Crippen LogP contribution in [-0.4, -0.2) is 23.0 Å². The molecule has 2 N–H and O–H groups in total. The number of carboxylic acids is 1. The molecule has 1 atom stereocenters. The highest BCUT2D eigenvalue weighted by molar-refractivity contribution is 6.07. The summed E-state index contributed by atoms with van der Waals surface area (Å²) in [7, 11) is 0. The molecule has 0 aliphatic rings. The van der Waals surface area contributed by atoms with Crippen LogP contribution in [0.25, 0.3) is 10.8 Å². The van der Waals surface area contributed by atoms with E-state index in [-0.39, 0.29) is 6.42 Å². The summed E-state index contributed by atoms with van der Waals surface area (Å²) < 4.78 is 0. The van der Waals surface area contributed by atoms with Crippen molar-refractivity contribution in [2.24, 2.45) is 0 Å². The van der Waals surface area contributed by atoms with E-state index in [0.29, 0.717) is 5.56 Å². The second-order valence-corrected chi connectivity index (χ2v) is 4.42. The van der Waals surface area contributed by atoms with Gasteiger partial charge in [-0.2, -0.15) is 0 Å². The molecule has 2 aromatic carbocycles. The van der Waals surface area contributed by atoms with Crippen LogP contribution in [0.5, 0.6) is 0 Å². The number of rotatable bonds is 5. The van der Waals surface area contributed by atoms with Crippen molar-refractivity contribution in [3.8, 4) is 0 Å². The van der Waals surface area contributed by atoms with Gasteiger partial charge in [-0.15, -0.1) is 6.58 Å². The first-order valence-corrected chi connectivity index (χ1v) is 6.26. The van der Waals surface area contributed by atoms with E-state index < -0.39 is 17.9 Å². The molecular formula is C16H15NO3. The van der Waals surface area contributed by atoms with E-state index in [1.165, 1.54) is 6.08 Å². The monoisotopic (exact) mass is 269 g/mol. The van der Waals surface area contributed by atoms with Gasteiger partial charge in [-0.25, -0.2) is 4.79 Å². The standard InChI is InChI=1S/C16H15NO3/c1-2-6-14(16(19)20)17-15(18)13-10-5-8-11-7-3-4-9-12(11)13/h2-5,7-10,14H,1,6H2,(H,17,18)(H,19,20)/t14-/m1/s1. The summed E-state index contributed by atoms with van der Waals surface area (Å²) in [6.07, 6.45) is 1.66. The average molecular weight is 269 g/mol. The number of aliphatic carboxylic acids is 1. The van der Waals surface area contributed by atoms with Crippen molar-refractivity contribution in [3.05, 3.63) is 60.7 Å². The van der Waals surface area contributed by atoms with E-state index >= 15 is 0 Å². The number of nitrogens with one attached hydrogen (secondary N) is 1. The Hall–Kier alpha value is -2.62. The van der Waals surface area contributed by atoms with Crippen LogP contribution in [0, 0.1) is 0 Å². The minimum Gasteiger partial charge on any atom is -0.480 e. The van der Waals surface area contributed by atoms with Crippen molar-refractivity contribution >= 4 is 22.6 Å². The smallest absolute Gasteiger partial charge is 0.326 e. The van der Waals surface area contributed by atoms with Gasteiger partial charge in [0.2, 0.25) is 0 Å². The Balaban J connectivity index is 2.31. The quantitative estimate of drug-likeness (QED) is 0.820. The van der Waals surface area contributed by atoms with Gasteiger partial charge in [0, 0.05) is 5.56 Å². The van der Waals surface area contributed by atoms with Gasteiger partial charge in [-0.1, -0.05) is 42.5 Å². The second-order valence-electron chi connectivity index (χ2n) is 4.42. The maximum atomic E-state index is 12.2. The third kappa shape index (κ3) is 2.85. The van der Waals surface area contributed by atoms with E-state index in [4.69, 9.17) is 5.11 Å². The third-order valence-corrected chi connectivity index (χ3v) is 3.04. The number of carboxylic acid groups (broad SMARTS) is 1. The normalized spacial score (nSPS) is 11.8. The number of hydrogen-bond acceptors (Lipinski definition) is 2. The van der Waals surface area contributed by atoms with E-state index in [1.54, 1.807) is 12.1 Å². The molecule has 0 spiro atoms. The lowest BCUT2D eigenvalue weighted by atomic mass is 10.0. The first-order valence-electron chi connectivity index (χ1n) is 6.26. The number of benzene rings is 2. The first kappa shape index (κ1) is 13.8. The molecule has 102 valence electrons. The Labute approximate surface area is 116 Å². The zero-order valence-corrected chi connectivity index (χ0v) is 10.9. The summed E-state index contributed by atoms with van der Waals surface area (Å²) in [6.45, 7) is 3.50. The molecular weight excluding hydrogens is 254 g/mol. The van der Waals surface area contributed by atoms with E-state index in [0.717, 1.165) is 10.8 Å². The SMILES string of the molecule is C=CC[C@@H](NC(=O)c1cccc2ccccc12)C(=O)O. The summed E-state index contributed by atoms with van der Waals surface area (Å²) in [6, 6.07) is 11.9. The average Bonchev–Trinajstić information content (AvgIpc) is 2.46. The van der Waals surface area contributed by atoms with Crippen LogP contribution in [-0.2, 0) is 4.79 Å². The van der Waals surface area contributed by atoms with E-state index in [2.05, 4.69) is 11.9 Å². The van der Waals surface area contributed by atoms with Crippen LogP contribution >= 0.6 is 0 Å². The maximum absolute atomic E-state index is 12.2. The number of carbonyl (C=O) groups excluding carboxylic acids is 1. The van der Waals surface area contributed by atoms with Gasteiger partial charge in [0.05, 0.1) is 0 Å². The minimum atomic E-state index is -1.07. The van der Waals surface area contributed by atoms with Crippen molar-refractivity contribution in [1.82, 2.24) is 5.32 Å². The van der Waals surface area contributed by atoms with Gasteiger partial charge < -0.3 is 10.4 Å². The van der Waals surface area contributed by atoms with Crippen LogP contribution in [0.2, 0.25) is 0 Å². The molecule has 0 unspecified atom stereocenters. The number of fused-ring (bicyclic) bond motifs is 1. The fourth-order valence-corrected chi connectivity index (χ4v) is 2.05. The molecule has 2 rings (SSSR count). The fourth-order valence-electron chi connectivity index (χ4n) is 2.05. The Bertz CT molecular complexity index is 658. The third-order valence-electron chi connectivity index (χ3n) is 3.04. The van der Waals surface area contributed by atoms with Crippen LogP contribution in [0.4, 0.5) is 0 Å². The van der Waals surface area contributed by atoms with Gasteiger partial charge in [-0.3, -0.25) is 4.79 Å². The topological polar surface area (TPSA) is 66.4 Å². The molecule has 20 heavy (non-hydrogen) atoms. The summed E-state index contributed by atoms with van der Waals surface area (Å²) in [5, 5.41) is 13.3. The molecule has 1 amide bonds. The largest absolute Gasteiger partial charge is 0.480 e. The van der Waals surface area contributed by atoms with Gasteiger partial charge in [0.1, 0.15) is 6.04 Å². The van der Waals surface area contributed by atoms with Crippen LogP contribution < -0.4 is 5.32 Å². The van der Waals surface area contributed by atoms with Crippen molar-refractivity contribution in [2.75, 3.05) is 0 Å². The summed E-state index contributed by atoms with van der Waals surface area (Å²) in [5.74, 6) is -1.46. The fraction of sp³-hybridized carbons (Fsp3) is 0.125. The lowest BCUT2D eigenvalue weighted by Gasteiger charge is -2.13. The van der Waals surface area contributed by atoms with Crippen LogP contribution in [0.3, 0.4) is 0 Å². The Morgan fingerprint density at radius 2 is 1.90 bits per heavy atom. The lowest BCUT2D eigenvalue weighted by molar-refractivity contribution is -0.139. The molecule has 0 fully saturated rings. The molecule has 0 saturated heterocycles. The molecule has 0 radical (unpaired) electrons. The number of carbonyl (C=O) groups is 2. The van der Waals surface area contributed by atoms with Crippen molar-refractivity contribution in [1.29, 1.82) is 0 Å². The molecule has 0 bridgehead atoms. The van der Waals surface area contributed by atoms with E-state index in [1.807, 2.05) is 30.3 Å². The van der Waals surface area contributed by atoms with Gasteiger partial charge >= 0.3 is 5.97 Å². The highest BCUT2D eigenvalue weighted by Gasteiger charge is 2.20. The van der Waals surface area contributed by atoms with Crippen molar-refractivity contribution in [2.45, 2.75) is 12.5 Å². The molecule has 2 aromatic rings. The molecule has 0 aliphatic carbocycles. The molecule has 4 heteroatoms. The molecule has 4 nitrogen and oxygen atoms in total. The van der Waals surface area contributed by atoms with Crippen LogP contribution in [0.1, 0.15) is 16.8 Å². The zero-order valence-electron chi connectivity index (χ0n) is 10.9. The summed E-state index contributed by atoms with van der Waals surface area (Å²) in [4.78, 5) is 23.3. The number of amides is 1. The molecule has 0 saturated carbocycles. The Morgan fingerprint density at radius 1 is 1.20 bits per heavy atom. The highest BCUT2D eigenvalue weighted by Crippen LogP contribution is 2.18. The summed E-state index contributed by atoms with van der Waals surface area (Å²) in [5.41, 5.74) is 0.471. The minimum absolute atomic E-state index is 0.186. The first-order chi connectivity index (χ1) is 9.63. The molecule has 0 aliphatic heterocycles. The van der Waals surface area contributed by atoms with Crippen molar-refractivity contribution in [3.63, 3.8) is 0 Å². The predicted molar refractivity (Wildman–Crippen MR) is 77.7 cm³/mol. The van der Waals surface area contributed by atoms with Crippen LogP contribution in [0.15, 0.2) is 55.1 Å². The van der Waals surface area contributed by atoms with Crippen molar-refractivity contribution < 1.29 is 14.7 Å². The zero-order chi connectivity index (χ0) is 14.5. The molecule has 0 aromatic heterocycles. The Morgan fingerprint density at radius 3 is 2.60 bits per heavy atom. The Kier molecular flexibility index (Phi) is 4.15. The number of hydrogen-bond donors (Lipinski definition) is 2.